The van der Waals surface area contributed by atoms with Crippen molar-refractivity contribution in [3.8, 4) is 0 Å². The van der Waals surface area contributed by atoms with Gasteiger partial charge in [-0.05, 0) is 30.7 Å². The lowest BCUT2D eigenvalue weighted by molar-refractivity contribution is 0.0342. The predicted octanol–water partition coefficient (Wildman–Crippen LogP) is 3.02. The van der Waals surface area contributed by atoms with Crippen LogP contribution >= 0.6 is 0 Å². The normalized spacial score (nSPS) is 17.4. The molecular formula is C20H25N5O2. The summed E-state index contributed by atoms with van der Waals surface area (Å²) < 4.78 is 5.42. The molecule has 7 heteroatoms. The Hall–Kier alpha value is -2.64. The molecule has 4 rings (SSSR count). The zero-order chi connectivity index (χ0) is 18.6. The van der Waals surface area contributed by atoms with E-state index in [1.165, 1.54) is 5.56 Å². The van der Waals surface area contributed by atoms with E-state index in [9.17, 15) is 4.79 Å². The number of anilines is 3. The van der Waals surface area contributed by atoms with E-state index in [1.807, 2.05) is 13.0 Å². The van der Waals surface area contributed by atoms with Crippen LogP contribution in [0.1, 0.15) is 18.1 Å². The highest BCUT2D eigenvalue weighted by molar-refractivity contribution is 5.92. The Bertz CT molecular complexity index is 820. The largest absolute Gasteiger partial charge is 0.379 e. The number of fused-ring (bicyclic) bond motifs is 1. The van der Waals surface area contributed by atoms with Crippen LogP contribution in [0.4, 0.5) is 22.0 Å². The van der Waals surface area contributed by atoms with Gasteiger partial charge in [-0.3, -0.25) is 10.2 Å². The molecule has 2 aliphatic rings. The molecule has 2 aliphatic heterocycles. The summed E-state index contributed by atoms with van der Waals surface area (Å²) in [6.07, 6.45) is 1.72. The molecule has 1 fully saturated rings. The lowest BCUT2D eigenvalue weighted by Gasteiger charge is -2.29. The van der Waals surface area contributed by atoms with E-state index >= 15 is 0 Å². The van der Waals surface area contributed by atoms with Gasteiger partial charge in [0.2, 0.25) is 0 Å². The number of pyridine rings is 1. The quantitative estimate of drug-likeness (QED) is 0.850. The molecule has 0 bridgehead atoms. The van der Waals surface area contributed by atoms with Crippen LogP contribution in [0.3, 0.4) is 0 Å². The summed E-state index contributed by atoms with van der Waals surface area (Å²) >= 11 is 0. The number of hydrogen-bond donors (Lipinski definition) is 2. The first-order chi connectivity index (χ1) is 13.2. The van der Waals surface area contributed by atoms with Gasteiger partial charge >= 0.3 is 6.03 Å². The molecule has 2 N–H and O–H groups in total. The molecule has 1 saturated heterocycles. The fourth-order valence-electron chi connectivity index (χ4n) is 3.50. The highest BCUT2D eigenvalue weighted by Gasteiger charge is 2.24. The summed E-state index contributed by atoms with van der Waals surface area (Å²) in [6, 6.07) is 10.3. The summed E-state index contributed by atoms with van der Waals surface area (Å²) in [6.45, 7) is 7.68. The minimum absolute atomic E-state index is 0.0952. The standard InChI is InChI=1S/C20H25N5O2/c1-2-25-14-17-18(6-7-21-19(17)23-20(25)26)22-16-5-3-4-15(12-16)13-24-8-10-27-11-9-24/h3-7,12H,2,8-11,13-14H2,1H3,(H2,21,22,23,26). The van der Waals surface area contributed by atoms with E-state index in [0.717, 1.165) is 49.8 Å². The molecule has 1 aromatic carbocycles. The first kappa shape index (κ1) is 17.8. The maximum absolute atomic E-state index is 12.0. The molecule has 2 aromatic rings. The van der Waals surface area contributed by atoms with Gasteiger partial charge in [0.25, 0.3) is 0 Å². The maximum atomic E-state index is 12.0. The second-order valence-corrected chi connectivity index (χ2v) is 6.84. The lowest BCUT2D eigenvalue weighted by atomic mass is 10.1. The zero-order valence-corrected chi connectivity index (χ0v) is 15.6. The summed E-state index contributed by atoms with van der Waals surface area (Å²) in [5.41, 5.74) is 4.29. The van der Waals surface area contributed by atoms with Gasteiger partial charge in [-0.25, -0.2) is 9.78 Å². The average molecular weight is 367 g/mol. The van der Waals surface area contributed by atoms with Crippen molar-refractivity contribution >= 4 is 23.2 Å². The Labute approximate surface area is 159 Å². The van der Waals surface area contributed by atoms with Crippen LogP contribution in [0.2, 0.25) is 0 Å². The minimum Gasteiger partial charge on any atom is -0.379 e. The first-order valence-electron chi connectivity index (χ1n) is 9.43. The Kier molecular flexibility index (Phi) is 5.22. The molecule has 0 unspecified atom stereocenters. The van der Waals surface area contributed by atoms with Crippen molar-refractivity contribution < 1.29 is 9.53 Å². The van der Waals surface area contributed by atoms with E-state index < -0.39 is 0 Å². The Balaban J connectivity index is 1.52. The van der Waals surface area contributed by atoms with Crippen molar-refractivity contribution in [2.24, 2.45) is 0 Å². The van der Waals surface area contributed by atoms with Gasteiger partial charge in [-0.15, -0.1) is 0 Å². The number of nitrogens with one attached hydrogen (secondary N) is 2. The maximum Gasteiger partial charge on any atom is 0.323 e. The van der Waals surface area contributed by atoms with Crippen LogP contribution < -0.4 is 10.6 Å². The van der Waals surface area contributed by atoms with Gasteiger partial charge in [0.05, 0.1) is 19.8 Å². The predicted molar refractivity (Wildman–Crippen MR) is 105 cm³/mol. The van der Waals surface area contributed by atoms with E-state index in [0.29, 0.717) is 18.9 Å². The molecule has 1 aromatic heterocycles. The molecule has 0 radical (unpaired) electrons. The molecule has 27 heavy (non-hydrogen) atoms. The van der Waals surface area contributed by atoms with Gasteiger partial charge < -0.3 is 15.0 Å². The van der Waals surface area contributed by atoms with Gasteiger partial charge in [0, 0.05) is 49.3 Å². The SMILES string of the molecule is CCN1Cc2c(Nc3cccc(CN4CCOCC4)c3)ccnc2NC1=O. The molecule has 2 amide bonds. The molecule has 142 valence electrons. The van der Waals surface area contributed by atoms with Crippen LogP contribution in [0, 0.1) is 0 Å². The third-order valence-corrected chi connectivity index (χ3v) is 5.01. The summed E-state index contributed by atoms with van der Waals surface area (Å²) in [5.74, 6) is 0.638. The highest BCUT2D eigenvalue weighted by atomic mass is 16.5. The lowest BCUT2D eigenvalue weighted by Crippen LogP contribution is -2.39. The molecule has 0 saturated carbocycles. The van der Waals surface area contributed by atoms with Gasteiger partial charge in [0.1, 0.15) is 5.82 Å². The monoisotopic (exact) mass is 367 g/mol. The number of benzene rings is 1. The number of carbonyl (C=O) groups excluding carboxylic acids is 1. The number of carbonyl (C=O) groups is 1. The van der Waals surface area contributed by atoms with E-state index in [1.54, 1.807) is 11.1 Å². The fourth-order valence-corrected chi connectivity index (χ4v) is 3.50. The second-order valence-electron chi connectivity index (χ2n) is 6.84. The van der Waals surface area contributed by atoms with Crippen molar-refractivity contribution in [3.63, 3.8) is 0 Å². The number of hydrogen-bond acceptors (Lipinski definition) is 5. The molecule has 0 aliphatic carbocycles. The summed E-state index contributed by atoms with van der Waals surface area (Å²) in [5, 5.41) is 6.38. The minimum atomic E-state index is -0.0952. The van der Waals surface area contributed by atoms with Crippen molar-refractivity contribution in [1.82, 2.24) is 14.8 Å². The van der Waals surface area contributed by atoms with Crippen molar-refractivity contribution in [1.29, 1.82) is 0 Å². The molecule has 3 heterocycles. The zero-order valence-electron chi connectivity index (χ0n) is 15.6. The summed E-state index contributed by atoms with van der Waals surface area (Å²) in [7, 11) is 0. The van der Waals surface area contributed by atoms with Crippen LogP contribution in [0.25, 0.3) is 0 Å². The first-order valence-corrected chi connectivity index (χ1v) is 9.43. The van der Waals surface area contributed by atoms with Gasteiger partial charge in [0.15, 0.2) is 0 Å². The van der Waals surface area contributed by atoms with Crippen molar-refractivity contribution in [3.05, 3.63) is 47.7 Å². The Morgan fingerprint density at radius 2 is 2.11 bits per heavy atom. The molecular weight excluding hydrogens is 342 g/mol. The van der Waals surface area contributed by atoms with Crippen molar-refractivity contribution in [2.45, 2.75) is 20.0 Å². The summed E-state index contributed by atoms with van der Waals surface area (Å²) in [4.78, 5) is 20.5. The molecule has 0 spiro atoms. The fraction of sp³-hybridized carbons (Fsp3) is 0.400. The smallest absolute Gasteiger partial charge is 0.323 e. The number of urea groups is 1. The van der Waals surface area contributed by atoms with Gasteiger partial charge in [-0.2, -0.15) is 0 Å². The van der Waals surface area contributed by atoms with Crippen molar-refractivity contribution in [2.75, 3.05) is 43.5 Å². The van der Waals surface area contributed by atoms with Gasteiger partial charge in [-0.1, -0.05) is 12.1 Å². The van der Waals surface area contributed by atoms with Crippen LogP contribution in [0.15, 0.2) is 36.5 Å². The third-order valence-electron chi connectivity index (χ3n) is 5.01. The third kappa shape index (κ3) is 4.04. The van der Waals surface area contributed by atoms with Crippen LogP contribution in [-0.2, 0) is 17.8 Å². The topological polar surface area (TPSA) is 69.7 Å². The number of ether oxygens (including phenoxy) is 1. The van der Waals surface area contributed by atoms with Crippen LogP contribution in [0.5, 0.6) is 0 Å². The van der Waals surface area contributed by atoms with E-state index in [4.69, 9.17) is 4.74 Å². The molecule has 7 nitrogen and oxygen atoms in total. The average Bonchev–Trinajstić information content (AvgIpc) is 2.69. The van der Waals surface area contributed by atoms with E-state index in [2.05, 4.69) is 44.8 Å². The Morgan fingerprint density at radius 3 is 2.93 bits per heavy atom. The number of morpholine rings is 1. The number of nitrogens with zero attached hydrogens (tertiary/aromatic N) is 3. The number of amides is 2. The van der Waals surface area contributed by atoms with Crippen LogP contribution in [-0.4, -0.2) is 53.7 Å². The number of aromatic nitrogens is 1. The Morgan fingerprint density at radius 1 is 1.26 bits per heavy atom. The number of rotatable bonds is 5. The highest BCUT2D eigenvalue weighted by Crippen LogP contribution is 2.30. The molecule has 0 atom stereocenters. The van der Waals surface area contributed by atoms with E-state index in [-0.39, 0.29) is 6.03 Å². The second kappa shape index (κ2) is 7.94.